The lowest BCUT2D eigenvalue weighted by Gasteiger charge is -2.20. The van der Waals surface area contributed by atoms with Crippen LogP contribution in [0.5, 0.6) is 5.75 Å². The molecular weight excluding hydrogens is 246 g/mol. The summed E-state index contributed by atoms with van der Waals surface area (Å²) in [7, 11) is 1.75. The van der Waals surface area contributed by atoms with Gasteiger partial charge in [0.25, 0.3) is 0 Å². The van der Waals surface area contributed by atoms with E-state index in [1.165, 1.54) is 6.07 Å². The highest BCUT2D eigenvalue weighted by Gasteiger charge is 2.39. The maximum atomic E-state index is 10.9. The van der Waals surface area contributed by atoms with Crippen molar-refractivity contribution < 1.29 is 9.66 Å². The second-order valence-electron chi connectivity index (χ2n) is 4.65. The molecule has 0 heterocycles. The number of ether oxygens (including phenoxy) is 1. The number of nitro benzene ring substituents is 1. The summed E-state index contributed by atoms with van der Waals surface area (Å²) in [5.74, 6) is 0.266. The van der Waals surface area contributed by atoms with Gasteiger partial charge in [-0.1, -0.05) is 12.1 Å². The van der Waals surface area contributed by atoms with Gasteiger partial charge in [0.05, 0.1) is 11.0 Å². The van der Waals surface area contributed by atoms with Crippen LogP contribution in [0, 0.1) is 21.4 Å². The van der Waals surface area contributed by atoms with E-state index in [2.05, 4.69) is 11.4 Å². The number of nitrogens with zero attached hydrogens (tertiary/aromatic N) is 2. The summed E-state index contributed by atoms with van der Waals surface area (Å²) in [6.45, 7) is 0. The fourth-order valence-corrected chi connectivity index (χ4v) is 2.37. The van der Waals surface area contributed by atoms with E-state index in [-0.39, 0.29) is 17.5 Å². The second-order valence-corrected chi connectivity index (χ2v) is 4.65. The Morgan fingerprint density at radius 1 is 1.58 bits per heavy atom. The molecule has 2 atom stereocenters. The van der Waals surface area contributed by atoms with E-state index in [1.807, 2.05) is 0 Å². The van der Waals surface area contributed by atoms with Gasteiger partial charge >= 0.3 is 5.69 Å². The molecule has 100 valence electrons. The molecule has 1 aromatic rings. The van der Waals surface area contributed by atoms with Gasteiger partial charge < -0.3 is 10.1 Å². The predicted molar refractivity (Wildman–Crippen MR) is 68.8 cm³/mol. The van der Waals surface area contributed by atoms with E-state index in [0.29, 0.717) is 19.3 Å². The minimum atomic E-state index is -0.575. The molecule has 19 heavy (non-hydrogen) atoms. The Morgan fingerprint density at radius 2 is 2.32 bits per heavy atom. The molecule has 1 aliphatic rings. The summed E-state index contributed by atoms with van der Waals surface area (Å²) in [5.41, 5.74) is -0.616. The van der Waals surface area contributed by atoms with E-state index in [1.54, 1.807) is 25.2 Å². The summed E-state index contributed by atoms with van der Waals surface area (Å²) in [6.07, 6.45) is 1.76. The lowest BCUT2D eigenvalue weighted by molar-refractivity contribution is -0.386. The fourth-order valence-electron chi connectivity index (χ4n) is 2.37. The van der Waals surface area contributed by atoms with Crippen molar-refractivity contribution in [2.24, 2.45) is 0 Å². The molecule has 6 nitrogen and oxygen atoms in total. The minimum Gasteiger partial charge on any atom is -0.483 e. The van der Waals surface area contributed by atoms with Crippen LogP contribution in [-0.4, -0.2) is 23.6 Å². The zero-order chi connectivity index (χ0) is 13.9. The monoisotopic (exact) mass is 261 g/mol. The summed E-state index contributed by atoms with van der Waals surface area (Å²) in [6, 6.07) is 8.56. The van der Waals surface area contributed by atoms with Gasteiger partial charge in [0.1, 0.15) is 11.6 Å². The zero-order valence-electron chi connectivity index (χ0n) is 10.6. The van der Waals surface area contributed by atoms with Gasteiger partial charge in [-0.25, -0.2) is 0 Å². The fraction of sp³-hybridized carbons (Fsp3) is 0.462. The molecule has 1 N–H and O–H groups in total. The Bertz CT molecular complexity index is 526. The van der Waals surface area contributed by atoms with Crippen LogP contribution in [0.1, 0.15) is 19.3 Å². The highest BCUT2D eigenvalue weighted by molar-refractivity contribution is 5.45. The smallest absolute Gasteiger partial charge is 0.310 e. The first kappa shape index (κ1) is 13.3. The number of benzene rings is 1. The normalized spacial score (nSPS) is 25.8. The molecule has 2 rings (SSSR count). The quantitative estimate of drug-likeness (QED) is 0.661. The summed E-state index contributed by atoms with van der Waals surface area (Å²) < 4.78 is 5.69. The van der Waals surface area contributed by atoms with Gasteiger partial charge in [0.2, 0.25) is 0 Å². The van der Waals surface area contributed by atoms with E-state index >= 15 is 0 Å². The third-order valence-electron chi connectivity index (χ3n) is 3.52. The summed E-state index contributed by atoms with van der Waals surface area (Å²) >= 11 is 0. The van der Waals surface area contributed by atoms with Crippen LogP contribution in [0.2, 0.25) is 0 Å². The van der Waals surface area contributed by atoms with Crippen molar-refractivity contribution in [3.8, 4) is 11.8 Å². The number of para-hydroxylation sites is 2. The van der Waals surface area contributed by atoms with Crippen molar-refractivity contribution in [3.63, 3.8) is 0 Å². The van der Waals surface area contributed by atoms with Crippen LogP contribution in [0.25, 0.3) is 0 Å². The first-order chi connectivity index (χ1) is 9.10. The van der Waals surface area contributed by atoms with Crippen LogP contribution >= 0.6 is 0 Å². The molecule has 0 bridgehead atoms. The molecule has 2 unspecified atom stereocenters. The number of nitro groups is 1. The van der Waals surface area contributed by atoms with Crippen LogP contribution in [0.3, 0.4) is 0 Å². The average molecular weight is 261 g/mol. The minimum absolute atomic E-state index is 0.0404. The Labute approximate surface area is 111 Å². The maximum Gasteiger partial charge on any atom is 0.310 e. The van der Waals surface area contributed by atoms with Gasteiger partial charge in [-0.2, -0.15) is 5.26 Å². The molecule has 0 radical (unpaired) electrons. The molecule has 1 aromatic carbocycles. The lowest BCUT2D eigenvalue weighted by atomic mass is 10.0. The van der Waals surface area contributed by atoms with Gasteiger partial charge in [-0.3, -0.25) is 10.1 Å². The third kappa shape index (κ3) is 2.66. The Hall–Kier alpha value is -2.13. The van der Waals surface area contributed by atoms with Crippen LogP contribution < -0.4 is 10.1 Å². The Balaban J connectivity index is 2.12. The van der Waals surface area contributed by atoms with Gasteiger partial charge in [-0.05, 0) is 26.0 Å². The van der Waals surface area contributed by atoms with Crippen LogP contribution in [0.15, 0.2) is 24.3 Å². The molecule has 6 heteroatoms. The number of hydrogen-bond donors (Lipinski definition) is 1. The van der Waals surface area contributed by atoms with Crippen molar-refractivity contribution in [2.45, 2.75) is 30.9 Å². The van der Waals surface area contributed by atoms with Gasteiger partial charge in [-0.15, -0.1) is 0 Å². The van der Waals surface area contributed by atoms with E-state index in [4.69, 9.17) is 10.00 Å². The SMILES string of the molecule is CNC1(C#N)CCC(Oc2ccccc2[N+](=O)[O-])C1. The van der Waals surface area contributed by atoms with Crippen LogP contribution in [0.4, 0.5) is 5.69 Å². The average Bonchev–Trinajstić information content (AvgIpc) is 2.83. The van der Waals surface area contributed by atoms with E-state index in [0.717, 1.165) is 0 Å². The Morgan fingerprint density at radius 3 is 2.89 bits per heavy atom. The van der Waals surface area contributed by atoms with Gasteiger partial charge in [0.15, 0.2) is 5.75 Å². The van der Waals surface area contributed by atoms with Crippen molar-refractivity contribution in [2.75, 3.05) is 7.05 Å². The zero-order valence-corrected chi connectivity index (χ0v) is 10.6. The van der Waals surface area contributed by atoms with Crippen molar-refractivity contribution in [1.82, 2.24) is 5.32 Å². The largest absolute Gasteiger partial charge is 0.483 e. The summed E-state index contributed by atoms with van der Waals surface area (Å²) in [5, 5.41) is 23.1. The molecule has 0 spiro atoms. The third-order valence-corrected chi connectivity index (χ3v) is 3.52. The molecule has 1 aliphatic carbocycles. The van der Waals surface area contributed by atoms with Crippen LogP contribution in [-0.2, 0) is 0 Å². The topological polar surface area (TPSA) is 88.2 Å². The first-order valence-electron chi connectivity index (χ1n) is 6.10. The molecule has 0 aliphatic heterocycles. The van der Waals surface area contributed by atoms with E-state index < -0.39 is 10.5 Å². The molecule has 0 aromatic heterocycles. The Kier molecular flexibility index (Phi) is 3.67. The first-order valence-corrected chi connectivity index (χ1v) is 6.10. The number of nitrogens with one attached hydrogen (secondary N) is 1. The molecule has 0 amide bonds. The van der Waals surface area contributed by atoms with Gasteiger partial charge in [0, 0.05) is 12.5 Å². The van der Waals surface area contributed by atoms with E-state index in [9.17, 15) is 10.1 Å². The number of rotatable bonds is 4. The predicted octanol–water partition coefficient (Wildman–Crippen LogP) is 2.01. The standard InChI is InChI=1S/C13H15N3O3/c1-15-13(9-14)7-6-10(8-13)19-12-5-3-2-4-11(12)16(17)18/h2-5,10,15H,6-8H2,1H3. The van der Waals surface area contributed by atoms with Crippen molar-refractivity contribution in [1.29, 1.82) is 5.26 Å². The van der Waals surface area contributed by atoms with Crippen molar-refractivity contribution in [3.05, 3.63) is 34.4 Å². The highest BCUT2D eigenvalue weighted by Crippen LogP contribution is 2.35. The van der Waals surface area contributed by atoms with Crippen molar-refractivity contribution >= 4 is 5.69 Å². The summed E-state index contributed by atoms with van der Waals surface area (Å²) in [4.78, 5) is 10.4. The molecular formula is C13H15N3O3. The second kappa shape index (κ2) is 5.24. The molecule has 1 saturated carbocycles. The lowest BCUT2D eigenvalue weighted by Crippen LogP contribution is -2.39. The molecule has 0 saturated heterocycles. The maximum absolute atomic E-state index is 10.9. The number of hydrogen-bond acceptors (Lipinski definition) is 5. The number of nitriles is 1. The molecule has 1 fully saturated rings. The highest BCUT2D eigenvalue weighted by atomic mass is 16.6.